The first kappa shape index (κ1) is 17.3. The van der Waals surface area contributed by atoms with Crippen LogP contribution in [0.5, 0.6) is 11.5 Å². The van der Waals surface area contributed by atoms with Crippen LogP contribution in [-0.4, -0.2) is 49.2 Å². The number of phenolic OH excluding ortho intramolecular Hbond substituents is 1. The lowest BCUT2D eigenvalue weighted by atomic mass is 10.0. The van der Waals surface area contributed by atoms with E-state index in [-0.39, 0.29) is 17.1 Å². The Morgan fingerprint density at radius 2 is 2.16 bits per heavy atom. The Hall–Kier alpha value is -2.57. The van der Waals surface area contributed by atoms with E-state index in [1.165, 1.54) is 18.4 Å². The molecule has 0 radical (unpaired) electrons. The number of phenols is 1. The van der Waals surface area contributed by atoms with Gasteiger partial charge in [-0.15, -0.1) is 0 Å². The van der Waals surface area contributed by atoms with Gasteiger partial charge < -0.3 is 19.0 Å². The van der Waals surface area contributed by atoms with Gasteiger partial charge in [-0.05, 0) is 30.4 Å². The van der Waals surface area contributed by atoms with Crippen molar-refractivity contribution in [1.82, 2.24) is 4.90 Å². The van der Waals surface area contributed by atoms with Gasteiger partial charge in [0.25, 0.3) is 0 Å². The summed E-state index contributed by atoms with van der Waals surface area (Å²) in [7, 11) is 1.55. The van der Waals surface area contributed by atoms with Crippen LogP contribution < -0.4 is 4.74 Å². The Morgan fingerprint density at radius 1 is 1.36 bits per heavy atom. The molecule has 0 amide bonds. The molecule has 25 heavy (non-hydrogen) atoms. The molecular weight excluding hydrogens is 322 g/mol. The normalized spacial score (nSPS) is 15.6. The first-order chi connectivity index (χ1) is 12.2. The van der Waals surface area contributed by atoms with E-state index < -0.39 is 0 Å². The Kier molecular flexibility index (Phi) is 5.53. The second kappa shape index (κ2) is 8.00. The molecule has 0 spiro atoms. The summed E-state index contributed by atoms with van der Waals surface area (Å²) in [6.45, 7) is 3.67. The number of furan rings is 1. The van der Waals surface area contributed by atoms with Crippen LogP contribution in [0.15, 0.2) is 41.0 Å². The number of allylic oxidation sites excluding steroid dienone is 1. The molecule has 0 bridgehead atoms. The van der Waals surface area contributed by atoms with Crippen molar-refractivity contribution >= 4 is 11.9 Å². The molecule has 1 saturated heterocycles. The number of ketones is 1. The highest BCUT2D eigenvalue weighted by Crippen LogP contribution is 2.30. The SMILES string of the molecule is COc1cc(O)c(C(=O)/C=C/c2ccco2)cc1CN1CCOCC1. The smallest absolute Gasteiger partial charge is 0.189 e. The third-order valence-corrected chi connectivity index (χ3v) is 4.10. The Morgan fingerprint density at radius 3 is 2.84 bits per heavy atom. The summed E-state index contributed by atoms with van der Waals surface area (Å²) in [5, 5.41) is 10.2. The molecular formula is C19H21NO5. The standard InChI is InChI=1S/C19H21NO5/c1-23-19-12-18(22)16(17(21)5-4-15-3-2-8-25-15)11-14(19)13-20-6-9-24-10-7-20/h2-5,8,11-12,22H,6-7,9-10,13H2,1H3/b5-4+. The zero-order chi connectivity index (χ0) is 17.6. The predicted molar refractivity (Wildman–Crippen MR) is 92.8 cm³/mol. The minimum Gasteiger partial charge on any atom is -0.507 e. The molecule has 0 aliphatic carbocycles. The fourth-order valence-corrected chi connectivity index (χ4v) is 2.76. The minimum absolute atomic E-state index is 0.100. The molecule has 3 rings (SSSR count). The second-order valence-electron chi connectivity index (χ2n) is 5.78. The summed E-state index contributed by atoms with van der Waals surface area (Å²) in [4.78, 5) is 14.7. The molecule has 6 heteroatoms. The second-order valence-corrected chi connectivity index (χ2v) is 5.78. The first-order valence-corrected chi connectivity index (χ1v) is 8.13. The number of carbonyl (C=O) groups is 1. The van der Waals surface area contributed by atoms with Crippen molar-refractivity contribution in [3.63, 3.8) is 0 Å². The van der Waals surface area contributed by atoms with E-state index in [2.05, 4.69) is 4.90 Å². The minimum atomic E-state index is -0.292. The van der Waals surface area contributed by atoms with E-state index in [1.807, 2.05) is 0 Å². The largest absolute Gasteiger partial charge is 0.507 e. The van der Waals surface area contributed by atoms with E-state index in [9.17, 15) is 9.90 Å². The predicted octanol–water partition coefficient (Wildman–Crippen LogP) is 2.72. The highest BCUT2D eigenvalue weighted by Gasteiger charge is 2.18. The monoisotopic (exact) mass is 343 g/mol. The van der Waals surface area contributed by atoms with Crippen molar-refractivity contribution in [2.24, 2.45) is 0 Å². The highest BCUT2D eigenvalue weighted by molar-refractivity contribution is 6.08. The topological polar surface area (TPSA) is 72.1 Å². The fourth-order valence-electron chi connectivity index (χ4n) is 2.76. The third kappa shape index (κ3) is 4.29. The summed E-state index contributed by atoms with van der Waals surface area (Å²) >= 11 is 0. The van der Waals surface area contributed by atoms with Crippen molar-refractivity contribution in [1.29, 1.82) is 0 Å². The third-order valence-electron chi connectivity index (χ3n) is 4.10. The Bertz CT molecular complexity index is 745. The van der Waals surface area contributed by atoms with Crippen LogP contribution >= 0.6 is 0 Å². The van der Waals surface area contributed by atoms with E-state index in [4.69, 9.17) is 13.9 Å². The molecule has 0 saturated carbocycles. The lowest BCUT2D eigenvalue weighted by Gasteiger charge is -2.27. The van der Waals surface area contributed by atoms with Gasteiger partial charge >= 0.3 is 0 Å². The first-order valence-electron chi connectivity index (χ1n) is 8.13. The number of morpholine rings is 1. The maximum atomic E-state index is 12.4. The van der Waals surface area contributed by atoms with Crippen molar-refractivity contribution in [2.75, 3.05) is 33.4 Å². The molecule has 2 aromatic rings. The molecule has 1 fully saturated rings. The average Bonchev–Trinajstić information content (AvgIpc) is 3.15. The van der Waals surface area contributed by atoms with Crippen LogP contribution in [0.1, 0.15) is 21.7 Å². The number of carbonyl (C=O) groups excluding carboxylic acids is 1. The Labute approximate surface area is 146 Å². The van der Waals surface area contributed by atoms with Crippen molar-refractivity contribution in [2.45, 2.75) is 6.54 Å². The molecule has 132 valence electrons. The zero-order valence-corrected chi connectivity index (χ0v) is 14.1. The van der Waals surface area contributed by atoms with Gasteiger partial charge in [-0.3, -0.25) is 9.69 Å². The summed E-state index contributed by atoms with van der Waals surface area (Å²) in [5.74, 6) is 0.752. The number of nitrogens with zero attached hydrogens (tertiary/aromatic N) is 1. The van der Waals surface area contributed by atoms with E-state index in [0.717, 1.165) is 18.7 Å². The van der Waals surface area contributed by atoms with E-state index >= 15 is 0 Å². The molecule has 6 nitrogen and oxygen atoms in total. The molecule has 2 heterocycles. The van der Waals surface area contributed by atoms with Gasteiger partial charge in [0.1, 0.15) is 17.3 Å². The number of benzene rings is 1. The van der Waals surface area contributed by atoms with Crippen LogP contribution in [0.4, 0.5) is 0 Å². The quantitative estimate of drug-likeness (QED) is 0.642. The summed E-state index contributed by atoms with van der Waals surface area (Å²) in [6, 6.07) is 6.68. The fraction of sp³-hybridized carbons (Fsp3) is 0.316. The van der Waals surface area contributed by atoms with Crippen LogP contribution in [0.2, 0.25) is 0 Å². The summed E-state index contributed by atoms with van der Waals surface area (Å²) in [5.41, 5.74) is 1.10. The van der Waals surface area contributed by atoms with Gasteiger partial charge in [-0.25, -0.2) is 0 Å². The molecule has 1 aromatic heterocycles. The molecule has 0 atom stereocenters. The van der Waals surface area contributed by atoms with Gasteiger partial charge in [0.05, 0.1) is 32.2 Å². The summed E-state index contributed by atoms with van der Waals surface area (Å²) in [6.07, 6.45) is 4.50. The maximum Gasteiger partial charge on any atom is 0.189 e. The lowest BCUT2D eigenvalue weighted by Crippen LogP contribution is -2.35. The van der Waals surface area contributed by atoms with E-state index in [0.29, 0.717) is 31.3 Å². The van der Waals surface area contributed by atoms with Crippen LogP contribution in [-0.2, 0) is 11.3 Å². The number of hydrogen-bond acceptors (Lipinski definition) is 6. The van der Waals surface area contributed by atoms with Crippen molar-refractivity contribution in [3.05, 3.63) is 53.5 Å². The Balaban J connectivity index is 1.83. The van der Waals surface area contributed by atoms with Gasteiger partial charge in [0, 0.05) is 31.3 Å². The van der Waals surface area contributed by atoms with Gasteiger partial charge in [-0.1, -0.05) is 0 Å². The van der Waals surface area contributed by atoms with E-state index in [1.54, 1.807) is 31.4 Å². The number of hydrogen-bond donors (Lipinski definition) is 1. The van der Waals surface area contributed by atoms with Gasteiger partial charge in [0.15, 0.2) is 5.78 Å². The maximum absolute atomic E-state index is 12.4. The van der Waals surface area contributed by atoms with Crippen molar-refractivity contribution in [3.8, 4) is 11.5 Å². The molecule has 1 aliphatic rings. The number of aromatic hydroxyl groups is 1. The van der Waals surface area contributed by atoms with Crippen LogP contribution in [0.25, 0.3) is 6.08 Å². The van der Waals surface area contributed by atoms with Crippen molar-refractivity contribution < 1.29 is 23.8 Å². The number of rotatable bonds is 6. The highest BCUT2D eigenvalue weighted by atomic mass is 16.5. The lowest BCUT2D eigenvalue weighted by molar-refractivity contribution is 0.0338. The number of methoxy groups -OCH3 is 1. The van der Waals surface area contributed by atoms with Gasteiger partial charge in [0.2, 0.25) is 0 Å². The molecule has 0 unspecified atom stereocenters. The van der Waals surface area contributed by atoms with Crippen LogP contribution in [0.3, 0.4) is 0 Å². The molecule has 1 aromatic carbocycles. The molecule has 1 N–H and O–H groups in total. The summed E-state index contributed by atoms with van der Waals surface area (Å²) < 4.78 is 15.9. The number of ether oxygens (including phenoxy) is 2. The van der Waals surface area contributed by atoms with Gasteiger partial charge in [-0.2, -0.15) is 0 Å². The average molecular weight is 343 g/mol. The zero-order valence-electron chi connectivity index (χ0n) is 14.1. The van der Waals surface area contributed by atoms with Crippen LogP contribution in [0, 0.1) is 0 Å². The molecule has 1 aliphatic heterocycles.